The molecule has 12 heteroatoms. The molecule has 0 radical (unpaired) electrons. The third-order valence-electron chi connectivity index (χ3n) is 7.52. The number of hydrogen-bond acceptors (Lipinski definition) is 8. The normalized spacial score (nSPS) is 13.9. The Bertz CT molecular complexity index is 1950. The number of halogens is 3. The number of esters is 1. The lowest BCUT2D eigenvalue weighted by atomic mass is 9.95. The van der Waals surface area contributed by atoms with Crippen LogP contribution in [0, 0.1) is 0 Å². The Morgan fingerprint density at radius 3 is 2.44 bits per heavy atom. The zero-order valence-corrected chi connectivity index (χ0v) is 30.0. The number of ether oxygens (including phenoxy) is 3. The minimum Gasteiger partial charge on any atom is -0.490 e. The van der Waals surface area contributed by atoms with E-state index in [1.165, 1.54) is 11.8 Å². The van der Waals surface area contributed by atoms with E-state index in [-0.39, 0.29) is 6.61 Å². The van der Waals surface area contributed by atoms with Gasteiger partial charge in [-0.2, -0.15) is 4.98 Å². The number of benzene rings is 4. The summed E-state index contributed by atoms with van der Waals surface area (Å²) in [4.78, 5) is 18.7. The van der Waals surface area contributed by atoms with Crippen molar-refractivity contribution in [3.8, 4) is 11.5 Å². The molecule has 246 valence electrons. The zero-order valence-electron chi connectivity index (χ0n) is 26.1. The van der Waals surface area contributed by atoms with E-state index in [0.29, 0.717) is 67.4 Å². The van der Waals surface area contributed by atoms with Crippen molar-refractivity contribution in [1.29, 1.82) is 0 Å². The minimum absolute atomic E-state index is 0.123. The van der Waals surface area contributed by atoms with E-state index in [2.05, 4.69) is 21.2 Å². The van der Waals surface area contributed by atoms with Gasteiger partial charge in [0.1, 0.15) is 19.3 Å². The summed E-state index contributed by atoms with van der Waals surface area (Å²) < 4.78 is 20.6. The quantitative estimate of drug-likeness (QED) is 0.0993. The van der Waals surface area contributed by atoms with E-state index < -0.39 is 12.0 Å². The number of nitrogens with one attached hydrogen (secondary N) is 1. The second-order valence-electron chi connectivity index (χ2n) is 10.8. The lowest BCUT2D eigenvalue weighted by molar-refractivity contribution is -0.140. The molecule has 8 nitrogen and oxygen atoms in total. The standard InChI is InChI=1S/C36H31BrCl2N4O4S/c1-3-45-30-18-26(17-28(37)33(30)46-19-24-13-15-27(38)16-14-24)32-31(34(44)47-20-23-9-5-4-6-10-23)22(2)40-35-41-36(42-43(32)35)48-21-25-11-7-8-12-29(25)39/h4-18,32H,3,19-21H2,1-2H3,(H,40,41,42). The third-order valence-corrected chi connectivity index (χ3v) is 9.62. The second kappa shape index (κ2) is 15.5. The van der Waals surface area contributed by atoms with Gasteiger partial charge in [-0.25, -0.2) is 9.48 Å². The maximum absolute atomic E-state index is 13.9. The molecule has 1 N–H and O–H groups in total. The van der Waals surface area contributed by atoms with E-state index in [1.807, 2.05) is 105 Å². The first-order chi connectivity index (χ1) is 23.3. The first-order valence-electron chi connectivity index (χ1n) is 15.2. The fourth-order valence-corrected chi connectivity index (χ4v) is 7.02. The summed E-state index contributed by atoms with van der Waals surface area (Å²) in [6.07, 6.45) is 0. The molecule has 1 aliphatic rings. The van der Waals surface area contributed by atoms with E-state index in [0.717, 1.165) is 22.3 Å². The van der Waals surface area contributed by atoms with Crippen LogP contribution in [-0.2, 0) is 28.5 Å². The number of carbonyl (C=O) groups is 1. The van der Waals surface area contributed by atoms with Crippen LogP contribution in [0.15, 0.2) is 112 Å². The largest absolute Gasteiger partial charge is 0.490 e. The Balaban J connectivity index is 1.36. The van der Waals surface area contributed by atoms with Gasteiger partial charge in [0.05, 0.1) is 16.7 Å². The molecule has 6 rings (SSSR count). The first kappa shape index (κ1) is 33.9. The van der Waals surface area contributed by atoms with Crippen LogP contribution in [0.4, 0.5) is 5.95 Å². The fourth-order valence-electron chi connectivity index (χ4n) is 5.21. The van der Waals surface area contributed by atoms with Crippen LogP contribution in [0.2, 0.25) is 10.0 Å². The van der Waals surface area contributed by atoms with Crippen LogP contribution in [0.25, 0.3) is 0 Å². The highest BCUT2D eigenvalue weighted by Crippen LogP contribution is 2.44. The van der Waals surface area contributed by atoms with Gasteiger partial charge in [-0.05, 0) is 82.4 Å². The molecule has 2 heterocycles. The SMILES string of the molecule is CCOc1cc(C2C(C(=O)OCc3ccccc3)=C(C)Nc3nc(SCc4ccccc4Cl)nn32)cc(Br)c1OCc1ccc(Cl)cc1. The monoisotopic (exact) mass is 764 g/mol. The molecule has 0 amide bonds. The number of nitrogens with zero attached hydrogens (tertiary/aromatic N) is 3. The number of allylic oxidation sites excluding steroid dienone is 1. The molecule has 1 atom stereocenters. The molecule has 0 saturated carbocycles. The van der Waals surface area contributed by atoms with Crippen LogP contribution in [0.5, 0.6) is 11.5 Å². The summed E-state index contributed by atoms with van der Waals surface area (Å²) in [6.45, 7) is 4.57. The lowest BCUT2D eigenvalue weighted by Gasteiger charge is -2.29. The first-order valence-corrected chi connectivity index (χ1v) is 17.7. The summed E-state index contributed by atoms with van der Waals surface area (Å²) in [5, 5.41) is 10.0. The van der Waals surface area contributed by atoms with Crippen LogP contribution < -0.4 is 14.8 Å². The highest BCUT2D eigenvalue weighted by molar-refractivity contribution is 9.10. The van der Waals surface area contributed by atoms with Crippen molar-refractivity contribution in [1.82, 2.24) is 14.8 Å². The molecule has 0 fully saturated rings. The molecule has 0 saturated heterocycles. The van der Waals surface area contributed by atoms with Crippen LogP contribution >= 0.6 is 50.9 Å². The van der Waals surface area contributed by atoms with E-state index in [4.69, 9.17) is 47.5 Å². The summed E-state index contributed by atoms with van der Waals surface area (Å²) >= 11 is 17.7. The molecular formula is C36H31BrCl2N4O4S. The molecule has 0 bridgehead atoms. The van der Waals surface area contributed by atoms with Gasteiger partial charge in [0.2, 0.25) is 11.1 Å². The average Bonchev–Trinajstić information content (AvgIpc) is 3.49. The van der Waals surface area contributed by atoms with Crippen molar-refractivity contribution < 1.29 is 19.0 Å². The maximum atomic E-state index is 13.9. The van der Waals surface area contributed by atoms with Crippen molar-refractivity contribution >= 4 is 62.8 Å². The van der Waals surface area contributed by atoms with Crippen LogP contribution in [0.3, 0.4) is 0 Å². The van der Waals surface area contributed by atoms with Crippen molar-refractivity contribution in [2.24, 2.45) is 0 Å². The van der Waals surface area contributed by atoms with Gasteiger partial charge in [-0.3, -0.25) is 0 Å². The van der Waals surface area contributed by atoms with Crippen LogP contribution in [0.1, 0.15) is 42.1 Å². The number of anilines is 1. The molecule has 1 unspecified atom stereocenters. The van der Waals surface area contributed by atoms with Gasteiger partial charge in [-0.15, -0.1) is 5.10 Å². The van der Waals surface area contributed by atoms with E-state index >= 15 is 0 Å². The van der Waals surface area contributed by atoms with Crippen LogP contribution in [-0.4, -0.2) is 27.3 Å². The average molecular weight is 767 g/mol. The second-order valence-corrected chi connectivity index (χ2v) is 13.5. The summed E-state index contributed by atoms with van der Waals surface area (Å²) in [6, 6.07) is 27.8. The number of rotatable bonds is 12. The predicted molar refractivity (Wildman–Crippen MR) is 193 cm³/mol. The molecule has 48 heavy (non-hydrogen) atoms. The van der Waals surface area contributed by atoms with Gasteiger partial charge in [-0.1, -0.05) is 95.6 Å². The predicted octanol–water partition coefficient (Wildman–Crippen LogP) is 9.65. The molecule has 5 aromatic rings. The lowest BCUT2D eigenvalue weighted by Crippen LogP contribution is -2.29. The molecular weight excluding hydrogens is 735 g/mol. The molecule has 1 aromatic heterocycles. The number of thioether (sulfide) groups is 1. The Morgan fingerprint density at radius 2 is 1.69 bits per heavy atom. The topological polar surface area (TPSA) is 87.5 Å². The molecule has 4 aromatic carbocycles. The zero-order chi connectivity index (χ0) is 33.6. The molecule has 0 aliphatic carbocycles. The number of fused-ring (bicyclic) bond motifs is 1. The number of aromatic nitrogens is 3. The van der Waals surface area contributed by atoms with Gasteiger partial charge >= 0.3 is 5.97 Å². The summed E-state index contributed by atoms with van der Waals surface area (Å²) in [7, 11) is 0. The van der Waals surface area contributed by atoms with Crippen molar-refractivity contribution in [3.63, 3.8) is 0 Å². The third kappa shape index (κ3) is 7.84. The Labute approximate surface area is 301 Å². The summed E-state index contributed by atoms with van der Waals surface area (Å²) in [5.41, 5.74) is 4.54. The van der Waals surface area contributed by atoms with Gasteiger partial charge in [0.15, 0.2) is 11.5 Å². The van der Waals surface area contributed by atoms with Crippen molar-refractivity contribution in [3.05, 3.63) is 139 Å². The van der Waals surface area contributed by atoms with Crippen molar-refractivity contribution in [2.45, 2.75) is 44.0 Å². The minimum atomic E-state index is -0.687. The van der Waals surface area contributed by atoms with Gasteiger partial charge in [0, 0.05) is 21.5 Å². The highest BCUT2D eigenvalue weighted by Gasteiger charge is 2.36. The highest BCUT2D eigenvalue weighted by atomic mass is 79.9. The van der Waals surface area contributed by atoms with Crippen molar-refractivity contribution in [2.75, 3.05) is 11.9 Å². The van der Waals surface area contributed by atoms with E-state index in [9.17, 15) is 4.79 Å². The molecule has 1 aliphatic heterocycles. The maximum Gasteiger partial charge on any atom is 0.338 e. The Kier molecular flexibility index (Phi) is 11.0. The smallest absolute Gasteiger partial charge is 0.338 e. The Morgan fingerprint density at radius 1 is 0.958 bits per heavy atom. The Hall–Kier alpha value is -3.96. The summed E-state index contributed by atoms with van der Waals surface area (Å²) in [5.74, 6) is 1.65. The number of hydrogen-bond donors (Lipinski definition) is 1. The number of carbonyl (C=O) groups excluding carboxylic acids is 1. The van der Waals surface area contributed by atoms with E-state index in [1.54, 1.807) is 4.68 Å². The van der Waals surface area contributed by atoms with Gasteiger partial charge < -0.3 is 19.5 Å². The molecule has 0 spiro atoms. The van der Waals surface area contributed by atoms with Gasteiger partial charge in [0.25, 0.3) is 0 Å². The fraction of sp³-hybridized carbons (Fsp3) is 0.194.